The Bertz CT molecular complexity index is 1260. The molecule has 9 nitrogen and oxygen atoms in total. The lowest BCUT2D eigenvalue weighted by Gasteiger charge is -2.36. The molecule has 1 fully saturated rings. The van der Waals surface area contributed by atoms with Crippen LogP contribution in [0.1, 0.15) is 60.6 Å². The highest BCUT2D eigenvalue weighted by atomic mass is 16.3. The second kappa shape index (κ2) is 11.5. The van der Waals surface area contributed by atoms with Gasteiger partial charge in [0.15, 0.2) is 0 Å². The SMILES string of the molecule is CC(C)(CO)NC(=O)c1ccc(C2=CC(N3CCC(C(=O)N4N=CCC4c4ccccc4)CC3)N=CN2)cc1. The summed E-state index contributed by atoms with van der Waals surface area (Å²) >= 11 is 0. The predicted molar refractivity (Wildman–Crippen MR) is 152 cm³/mol. The molecule has 9 heteroatoms. The minimum absolute atomic E-state index is 0.0186. The topological polar surface area (TPSA) is 110 Å². The molecule has 0 aliphatic carbocycles. The Morgan fingerprint density at radius 1 is 1.08 bits per heavy atom. The number of aliphatic imine (C=N–C) groups is 1. The molecule has 3 heterocycles. The predicted octanol–water partition coefficient (Wildman–Crippen LogP) is 3.16. The van der Waals surface area contributed by atoms with Crippen molar-refractivity contribution in [2.45, 2.75) is 50.9 Å². The van der Waals surface area contributed by atoms with Crippen LogP contribution in [-0.4, -0.2) is 70.8 Å². The normalized spacial score (nSPS) is 21.9. The van der Waals surface area contributed by atoms with Crippen LogP contribution in [0.3, 0.4) is 0 Å². The van der Waals surface area contributed by atoms with E-state index < -0.39 is 5.54 Å². The number of piperidine rings is 1. The molecule has 0 spiro atoms. The van der Waals surface area contributed by atoms with E-state index in [9.17, 15) is 14.7 Å². The maximum atomic E-state index is 13.4. The van der Waals surface area contributed by atoms with Crippen molar-refractivity contribution in [2.24, 2.45) is 16.0 Å². The van der Waals surface area contributed by atoms with Crippen molar-refractivity contribution < 1.29 is 14.7 Å². The van der Waals surface area contributed by atoms with Crippen LogP contribution < -0.4 is 10.6 Å². The average Bonchev–Trinajstić information content (AvgIpc) is 3.47. The molecule has 3 aliphatic rings. The first-order valence-electron chi connectivity index (χ1n) is 13.5. The number of rotatable bonds is 7. The number of hydrogen-bond donors (Lipinski definition) is 3. The van der Waals surface area contributed by atoms with Gasteiger partial charge in [0.05, 0.1) is 24.5 Å². The monoisotopic (exact) mass is 528 g/mol. The number of nitrogens with zero attached hydrogens (tertiary/aromatic N) is 4. The Morgan fingerprint density at radius 3 is 2.49 bits per heavy atom. The molecular weight excluding hydrogens is 492 g/mol. The van der Waals surface area contributed by atoms with Gasteiger partial charge in [-0.25, -0.2) is 5.01 Å². The Morgan fingerprint density at radius 2 is 1.79 bits per heavy atom. The quantitative estimate of drug-likeness (QED) is 0.512. The largest absolute Gasteiger partial charge is 0.394 e. The van der Waals surface area contributed by atoms with Gasteiger partial charge in [0.1, 0.15) is 6.17 Å². The van der Waals surface area contributed by atoms with E-state index in [4.69, 9.17) is 0 Å². The highest BCUT2D eigenvalue weighted by Crippen LogP contribution is 2.32. The number of aliphatic hydroxyl groups is 1. The summed E-state index contributed by atoms with van der Waals surface area (Å²) in [4.78, 5) is 32.8. The van der Waals surface area contributed by atoms with E-state index >= 15 is 0 Å². The second-order valence-electron chi connectivity index (χ2n) is 10.9. The van der Waals surface area contributed by atoms with Crippen LogP contribution in [0.15, 0.2) is 70.8 Å². The van der Waals surface area contributed by atoms with E-state index in [-0.39, 0.29) is 36.5 Å². The van der Waals surface area contributed by atoms with Crippen LogP contribution in [0.25, 0.3) is 5.70 Å². The molecule has 1 saturated heterocycles. The first kappa shape index (κ1) is 26.8. The van der Waals surface area contributed by atoms with Crippen LogP contribution >= 0.6 is 0 Å². The molecule has 2 amide bonds. The number of carbonyl (C=O) groups is 2. The number of carbonyl (C=O) groups excluding carboxylic acids is 2. The summed E-state index contributed by atoms with van der Waals surface area (Å²) in [5.74, 6) is -0.169. The van der Waals surface area contributed by atoms with Crippen molar-refractivity contribution in [1.82, 2.24) is 20.5 Å². The maximum absolute atomic E-state index is 13.4. The zero-order valence-corrected chi connectivity index (χ0v) is 22.5. The van der Waals surface area contributed by atoms with Crippen LogP contribution in [-0.2, 0) is 4.79 Å². The van der Waals surface area contributed by atoms with Gasteiger partial charge in [-0.1, -0.05) is 42.5 Å². The first-order chi connectivity index (χ1) is 18.8. The van der Waals surface area contributed by atoms with Crippen molar-refractivity contribution in [3.05, 3.63) is 77.4 Å². The van der Waals surface area contributed by atoms with Crippen molar-refractivity contribution >= 4 is 30.1 Å². The van der Waals surface area contributed by atoms with Gasteiger partial charge in [-0.15, -0.1) is 0 Å². The van der Waals surface area contributed by atoms with Crippen molar-refractivity contribution in [3.8, 4) is 0 Å². The van der Waals surface area contributed by atoms with E-state index in [0.29, 0.717) is 5.56 Å². The summed E-state index contributed by atoms with van der Waals surface area (Å²) in [6.45, 7) is 4.96. The minimum atomic E-state index is -0.684. The number of nitrogens with one attached hydrogen (secondary N) is 2. The molecule has 2 atom stereocenters. The zero-order chi connectivity index (χ0) is 27.4. The molecule has 2 unspecified atom stereocenters. The van der Waals surface area contributed by atoms with E-state index in [1.165, 1.54) is 0 Å². The lowest BCUT2D eigenvalue weighted by molar-refractivity contribution is -0.139. The number of aliphatic hydroxyl groups excluding tert-OH is 1. The summed E-state index contributed by atoms with van der Waals surface area (Å²) in [5, 5.41) is 21.6. The Labute approximate surface area is 229 Å². The van der Waals surface area contributed by atoms with E-state index in [0.717, 1.165) is 49.2 Å². The van der Waals surface area contributed by atoms with Gasteiger partial charge in [0.2, 0.25) is 5.91 Å². The molecule has 204 valence electrons. The summed E-state index contributed by atoms with van der Waals surface area (Å²) in [5.41, 5.74) is 2.84. The molecule has 2 aromatic carbocycles. The molecule has 5 rings (SSSR count). The summed E-state index contributed by atoms with van der Waals surface area (Å²) < 4.78 is 0. The smallest absolute Gasteiger partial charge is 0.251 e. The Balaban J connectivity index is 1.18. The third-order valence-corrected chi connectivity index (χ3v) is 7.56. The summed E-state index contributed by atoms with van der Waals surface area (Å²) in [6, 6.07) is 17.4. The van der Waals surface area contributed by atoms with Crippen molar-refractivity contribution in [1.29, 1.82) is 0 Å². The third-order valence-electron chi connectivity index (χ3n) is 7.56. The van der Waals surface area contributed by atoms with Crippen LogP contribution in [0.4, 0.5) is 0 Å². The molecule has 2 aromatic rings. The van der Waals surface area contributed by atoms with E-state index in [1.54, 1.807) is 37.3 Å². The standard InChI is InChI=1S/C30H36N6O3/c1-30(2,19-37)34-28(38)23-10-8-21(9-11-23)25-18-27(32-20-31-25)35-16-13-24(14-17-35)29(39)36-26(12-15-33-36)22-6-4-3-5-7-22/h3-11,15,18,20,24,26-27,37H,12-14,16-17,19H2,1-2H3,(H,31,32)(H,34,38). The number of benzene rings is 2. The molecule has 0 aromatic heterocycles. The van der Waals surface area contributed by atoms with Gasteiger partial charge in [-0.05, 0) is 56.0 Å². The minimum Gasteiger partial charge on any atom is -0.394 e. The fourth-order valence-electron chi connectivity index (χ4n) is 5.20. The highest BCUT2D eigenvalue weighted by molar-refractivity contribution is 5.95. The number of amides is 2. The molecule has 0 bridgehead atoms. The molecule has 0 saturated carbocycles. The van der Waals surface area contributed by atoms with Crippen LogP contribution in [0, 0.1) is 5.92 Å². The third kappa shape index (κ3) is 6.10. The molecule has 3 N–H and O–H groups in total. The zero-order valence-electron chi connectivity index (χ0n) is 22.5. The van der Waals surface area contributed by atoms with Crippen molar-refractivity contribution in [2.75, 3.05) is 19.7 Å². The Kier molecular flexibility index (Phi) is 7.90. The fraction of sp³-hybridized carbons (Fsp3) is 0.400. The van der Waals surface area contributed by atoms with Gasteiger partial charge in [0, 0.05) is 42.9 Å². The maximum Gasteiger partial charge on any atom is 0.251 e. The van der Waals surface area contributed by atoms with Gasteiger partial charge >= 0.3 is 0 Å². The molecule has 3 aliphatic heterocycles. The summed E-state index contributed by atoms with van der Waals surface area (Å²) in [7, 11) is 0. The number of hydrazone groups is 1. The lowest BCUT2D eigenvalue weighted by Crippen LogP contribution is -2.46. The van der Waals surface area contributed by atoms with Gasteiger partial charge < -0.3 is 15.7 Å². The van der Waals surface area contributed by atoms with Gasteiger partial charge in [-0.2, -0.15) is 5.10 Å². The number of likely N-dealkylation sites (tertiary alicyclic amines) is 1. The second-order valence-corrected chi connectivity index (χ2v) is 10.9. The van der Waals surface area contributed by atoms with Gasteiger partial charge in [0.25, 0.3) is 5.91 Å². The lowest BCUT2D eigenvalue weighted by atomic mass is 9.94. The highest BCUT2D eigenvalue weighted by Gasteiger charge is 2.35. The van der Waals surface area contributed by atoms with Crippen molar-refractivity contribution in [3.63, 3.8) is 0 Å². The van der Waals surface area contributed by atoms with E-state index in [1.807, 2.05) is 36.5 Å². The molecular formula is C30H36N6O3. The van der Waals surface area contributed by atoms with E-state index in [2.05, 4.69) is 43.8 Å². The molecule has 39 heavy (non-hydrogen) atoms. The molecule has 0 radical (unpaired) electrons. The summed E-state index contributed by atoms with van der Waals surface area (Å²) in [6.07, 6.45) is 7.81. The Hall–Kier alpha value is -3.82. The fourth-order valence-corrected chi connectivity index (χ4v) is 5.20. The van der Waals surface area contributed by atoms with Crippen LogP contribution in [0.2, 0.25) is 0 Å². The average molecular weight is 529 g/mol. The first-order valence-corrected chi connectivity index (χ1v) is 13.5. The van der Waals surface area contributed by atoms with Gasteiger partial charge in [-0.3, -0.25) is 19.5 Å². The van der Waals surface area contributed by atoms with Crippen LogP contribution in [0.5, 0.6) is 0 Å². The number of hydrogen-bond acceptors (Lipinski definition) is 7.